The molecule has 0 saturated heterocycles. The molecule has 0 aliphatic rings. The minimum absolute atomic E-state index is 0.133. The number of benzene rings is 2. The minimum atomic E-state index is -0.133. The van der Waals surface area contributed by atoms with Crippen LogP contribution in [-0.4, -0.2) is 19.6 Å². The Balaban J connectivity index is 1.96. The number of nitrogens with one attached hydrogen (secondary N) is 2. The van der Waals surface area contributed by atoms with E-state index in [9.17, 15) is 4.79 Å². The Bertz CT molecular complexity index is 644. The maximum atomic E-state index is 12.0. The van der Waals surface area contributed by atoms with Gasteiger partial charge in [0.1, 0.15) is 5.75 Å². The normalized spacial score (nSPS) is 10.0. The number of hydrogen-bond donors (Lipinski definition) is 2. The molecule has 4 nitrogen and oxygen atoms in total. The first kappa shape index (κ1) is 15.2. The van der Waals surface area contributed by atoms with Crippen molar-refractivity contribution >= 4 is 28.9 Å². The largest absolute Gasteiger partial charge is 0.495 e. The first-order valence-electron chi connectivity index (χ1n) is 6.53. The lowest BCUT2D eigenvalue weighted by atomic mass is 10.2. The van der Waals surface area contributed by atoms with E-state index in [0.29, 0.717) is 10.8 Å². The number of rotatable bonds is 5. The number of para-hydroxylation sites is 2. The molecule has 0 saturated carbocycles. The van der Waals surface area contributed by atoms with Gasteiger partial charge in [-0.1, -0.05) is 23.7 Å². The molecule has 1 amide bonds. The first-order chi connectivity index (χ1) is 10.1. The second-order valence-electron chi connectivity index (χ2n) is 4.56. The molecule has 2 aromatic carbocycles. The first-order valence-corrected chi connectivity index (χ1v) is 6.91. The third-order valence-corrected chi connectivity index (χ3v) is 3.24. The van der Waals surface area contributed by atoms with Crippen LogP contribution in [0, 0.1) is 6.92 Å². The summed E-state index contributed by atoms with van der Waals surface area (Å²) >= 11 is 5.89. The maximum Gasteiger partial charge on any atom is 0.243 e. The second kappa shape index (κ2) is 6.99. The maximum absolute atomic E-state index is 12.0. The van der Waals surface area contributed by atoms with E-state index in [1.807, 2.05) is 37.3 Å². The van der Waals surface area contributed by atoms with Gasteiger partial charge in [0.15, 0.2) is 0 Å². The molecule has 5 heteroatoms. The van der Waals surface area contributed by atoms with E-state index in [4.69, 9.17) is 16.3 Å². The highest BCUT2D eigenvalue weighted by Crippen LogP contribution is 2.23. The van der Waals surface area contributed by atoms with Gasteiger partial charge in [-0.25, -0.2) is 0 Å². The molecule has 0 bridgehead atoms. The lowest BCUT2D eigenvalue weighted by Crippen LogP contribution is -2.22. The fourth-order valence-electron chi connectivity index (χ4n) is 1.93. The molecule has 0 aromatic heterocycles. The van der Waals surface area contributed by atoms with Gasteiger partial charge in [0.05, 0.1) is 19.3 Å². The van der Waals surface area contributed by atoms with Gasteiger partial charge in [0.25, 0.3) is 0 Å². The van der Waals surface area contributed by atoms with Crippen molar-refractivity contribution in [1.29, 1.82) is 0 Å². The quantitative estimate of drug-likeness (QED) is 0.885. The van der Waals surface area contributed by atoms with Crippen LogP contribution in [0.3, 0.4) is 0 Å². The zero-order valence-electron chi connectivity index (χ0n) is 11.9. The minimum Gasteiger partial charge on any atom is -0.495 e. The highest BCUT2D eigenvalue weighted by Gasteiger charge is 2.07. The third kappa shape index (κ3) is 4.13. The summed E-state index contributed by atoms with van der Waals surface area (Å²) in [6, 6.07) is 12.8. The molecule has 0 fully saturated rings. The number of amides is 1. The van der Waals surface area contributed by atoms with Gasteiger partial charge in [-0.15, -0.1) is 0 Å². The molecule has 2 rings (SSSR count). The fourth-order valence-corrected chi connectivity index (χ4v) is 2.15. The van der Waals surface area contributed by atoms with Crippen LogP contribution in [-0.2, 0) is 4.79 Å². The molecule has 21 heavy (non-hydrogen) atoms. The van der Waals surface area contributed by atoms with Crippen LogP contribution in [0.2, 0.25) is 5.02 Å². The SMILES string of the molecule is COc1ccccc1NCC(=O)Nc1ccc(Cl)cc1C. The highest BCUT2D eigenvalue weighted by atomic mass is 35.5. The van der Waals surface area contributed by atoms with Gasteiger partial charge < -0.3 is 15.4 Å². The summed E-state index contributed by atoms with van der Waals surface area (Å²) in [4.78, 5) is 12.0. The summed E-state index contributed by atoms with van der Waals surface area (Å²) in [5, 5.41) is 6.55. The average molecular weight is 305 g/mol. The predicted octanol–water partition coefficient (Wildman–Crippen LogP) is 3.71. The zero-order chi connectivity index (χ0) is 15.2. The number of hydrogen-bond acceptors (Lipinski definition) is 3. The van der Waals surface area contributed by atoms with Gasteiger partial charge in [-0.3, -0.25) is 4.79 Å². The highest BCUT2D eigenvalue weighted by molar-refractivity contribution is 6.30. The van der Waals surface area contributed by atoms with Crippen LogP contribution < -0.4 is 15.4 Å². The average Bonchev–Trinajstić information content (AvgIpc) is 2.48. The van der Waals surface area contributed by atoms with E-state index >= 15 is 0 Å². The number of halogens is 1. The molecule has 2 aromatic rings. The van der Waals surface area contributed by atoms with Crippen molar-refractivity contribution in [2.75, 3.05) is 24.3 Å². The van der Waals surface area contributed by atoms with Crippen molar-refractivity contribution < 1.29 is 9.53 Å². The molecule has 110 valence electrons. The van der Waals surface area contributed by atoms with E-state index in [-0.39, 0.29) is 12.5 Å². The van der Waals surface area contributed by atoms with Crippen molar-refractivity contribution in [2.24, 2.45) is 0 Å². The van der Waals surface area contributed by atoms with Crippen LogP contribution in [0.25, 0.3) is 0 Å². The molecule has 0 aliphatic heterocycles. The Morgan fingerprint density at radius 3 is 2.67 bits per heavy atom. The lowest BCUT2D eigenvalue weighted by Gasteiger charge is -2.12. The molecule has 0 heterocycles. The predicted molar refractivity (Wildman–Crippen MR) is 86.3 cm³/mol. The zero-order valence-corrected chi connectivity index (χ0v) is 12.7. The number of ether oxygens (including phenoxy) is 1. The summed E-state index contributed by atoms with van der Waals surface area (Å²) in [6.07, 6.45) is 0. The summed E-state index contributed by atoms with van der Waals surface area (Å²) in [6.45, 7) is 2.05. The lowest BCUT2D eigenvalue weighted by molar-refractivity contribution is -0.114. The number of anilines is 2. The molecule has 0 aliphatic carbocycles. The Kier molecular flexibility index (Phi) is 5.06. The monoisotopic (exact) mass is 304 g/mol. The van der Waals surface area contributed by atoms with Crippen LogP contribution in [0.5, 0.6) is 5.75 Å². The Labute approximate surface area is 129 Å². The topological polar surface area (TPSA) is 50.4 Å². The second-order valence-corrected chi connectivity index (χ2v) is 5.00. The molecular formula is C16H17ClN2O2. The smallest absolute Gasteiger partial charge is 0.243 e. The molecule has 2 N–H and O–H groups in total. The van der Waals surface area contributed by atoms with Crippen LogP contribution in [0.4, 0.5) is 11.4 Å². The van der Waals surface area contributed by atoms with Gasteiger partial charge in [0, 0.05) is 10.7 Å². The van der Waals surface area contributed by atoms with E-state index in [0.717, 1.165) is 16.9 Å². The standard InChI is InChI=1S/C16H17ClN2O2/c1-11-9-12(17)7-8-13(11)19-16(20)10-18-14-5-3-4-6-15(14)21-2/h3-9,18H,10H2,1-2H3,(H,19,20). The van der Waals surface area contributed by atoms with E-state index in [2.05, 4.69) is 10.6 Å². The Hall–Kier alpha value is -2.20. The Morgan fingerprint density at radius 1 is 1.19 bits per heavy atom. The van der Waals surface area contributed by atoms with Gasteiger partial charge >= 0.3 is 0 Å². The van der Waals surface area contributed by atoms with Crippen molar-refractivity contribution in [2.45, 2.75) is 6.92 Å². The van der Waals surface area contributed by atoms with E-state index < -0.39 is 0 Å². The van der Waals surface area contributed by atoms with E-state index in [1.165, 1.54) is 0 Å². The molecule has 0 spiro atoms. The van der Waals surface area contributed by atoms with Crippen LogP contribution in [0.1, 0.15) is 5.56 Å². The van der Waals surface area contributed by atoms with Gasteiger partial charge in [0.2, 0.25) is 5.91 Å². The number of carbonyl (C=O) groups is 1. The van der Waals surface area contributed by atoms with Crippen molar-refractivity contribution in [3.8, 4) is 5.75 Å². The summed E-state index contributed by atoms with van der Waals surface area (Å²) in [5.41, 5.74) is 2.46. The number of carbonyl (C=O) groups excluding carboxylic acids is 1. The van der Waals surface area contributed by atoms with Crippen LogP contribution in [0.15, 0.2) is 42.5 Å². The summed E-state index contributed by atoms with van der Waals surface area (Å²) in [7, 11) is 1.59. The summed E-state index contributed by atoms with van der Waals surface area (Å²) in [5.74, 6) is 0.569. The summed E-state index contributed by atoms with van der Waals surface area (Å²) < 4.78 is 5.22. The number of aryl methyl sites for hydroxylation is 1. The number of methoxy groups -OCH3 is 1. The third-order valence-electron chi connectivity index (χ3n) is 3.01. The molecule has 0 atom stereocenters. The van der Waals surface area contributed by atoms with E-state index in [1.54, 1.807) is 19.2 Å². The fraction of sp³-hybridized carbons (Fsp3) is 0.188. The molecular weight excluding hydrogens is 288 g/mol. The van der Waals surface area contributed by atoms with Crippen molar-refractivity contribution in [1.82, 2.24) is 0 Å². The van der Waals surface area contributed by atoms with Crippen LogP contribution >= 0.6 is 11.6 Å². The van der Waals surface area contributed by atoms with Gasteiger partial charge in [-0.05, 0) is 42.8 Å². The van der Waals surface area contributed by atoms with Crippen molar-refractivity contribution in [3.05, 3.63) is 53.1 Å². The van der Waals surface area contributed by atoms with Gasteiger partial charge in [-0.2, -0.15) is 0 Å². The molecule has 0 radical (unpaired) electrons. The Morgan fingerprint density at radius 2 is 1.95 bits per heavy atom. The van der Waals surface area contributed by atoms with Crippen molar-refractivity contribution in [3.63, 3.8) is 0 Å². The molecule has 0 unspecified atom stereocenters.